The lowest BCUT2D eigenvalue weighted by atomic mass is 9.98. The highest BCUT2D eigenvalue weighted by atomic mass is 32.2. The zero-order valence-corrected chi connectivity index (χ0v) is 15.9. The van der Waals surface area contributed by atoms with Gasteiger partial charge < -0.3 is 4.90 Å². The van der Waals surface area contributed by atoms with Gasteiger partial charge in [0.1, 0.15) is 0 Å². The van der Waals surface area contributed by atoms with E-state index in [4.69, 9.17) is 0 Å². The van der Waals surface area contributed by atoms with Gasteiger partial charge in [-0.1, -0.05) is 23.9 Å². The highest BCUT2D eigenvalue weighted by Gasteiger charge is 2.29. The Morgan fingerprint density at radius 1 is 1.24 bits per heavy atom. The van der Waals surface area contributed by atoms with Crippen LogP contribution in [0.1, 0.15) is 40.0 Å². The lowest BCUT2D eigenvalue weighted by Crippen LogP contribution is -2.48. The molecule has 0 saturated carbocycles. The van der Waals surface area contributed by atoms with Crippen LogP contribution in [0.3, 0.4) is 0 Å². The van der Waals surface area contributed by atoms with E-state index in [0.717, 1.165) is 12.8 Å². The van der Waals surface area contributed by atoms with Gasteiger partial charge in [-0.05, 0) is 52.2 Å². The molecule has 134 valence electrons. The summed E-state index contributed by atoms with van der Waals surface area (Å²) in [7, 11) is 0. The van der Waals surface area contributed by atoms with E-state index < -0.39 is 0 Å². The monoisotopic (exact) mass is 359 g/mol. The Hall–Kier alpha value is -1.82. The largest absolute Gasteiger partial charge is 0.337 e. The molecular weight excluding hydrogens is 334 g/mol. The van der Waals surface area contributed by atoms with Gasteiger partial charge in [-0.15, -0.1) is 0 Å². The average molecular weight is 359 g/mol. The first kappa shape index (κ1) is 18.0. The number of benzene rings is 1. The number of nitrogens with zero attached hydrogens (tertiary/aromatic N) is 3. The number of likely N-dealkylation sites (tertiary alicyclic amines) is 1. The highest BCUT2D eigenvalue weighted by Crippen LogP contribution is 2.25. The molecular formula is C19H25N3O2S. The summed E-state index contributed by atoms with van der Waals surface area (Å²) in [5.41, 5.74) is 0.648. The van der Waals surface area contributed by atoms with Gasteiger partial charge in [-0.3, -0.25) is 14.2 Å². The molecule has 1 aromatic carbocycles. The summed E-state index contributed by atoms with van der Waals surface area (Å²) in [6.07, 6.45) is 3.31. The SMILES string of the molecule is CCn1c(SCC(=O)N2C(C)CCCC2C)nc2ccccc2c1=O. The molecule has 1 aromatic heterocycles. The van der Waals surface area contributed by atoms with Gasteiger partial charge in [-0.2, -0.15) is 0 Å². The number of amides is 1. The maximum atomic E-state index is 12.7. The molecule has 2 aromatic rings. The third-order valence-electron chi connectivity index (χ3n) is 4.95. The van der Waals surface area contributed by atoms with Gasteiger partial charge in [-0.25, -0.2) is 4.98 Å². The normalized spacial score (nSPS) is 20.8. The van der Waals surface area contributed by atoms with E-state index in [2.05, 4.69) is 18.8 Å². The zero-order chi connectivity index (χ0) is 18.0. The van der Waals surface area contributed by atoms with Gasteiger partial charge >= 0.3 is 0 Å². The Kier molecular flexibility index (Phi) is 5.47. The second-order valence-corrected chi connectivity index (χ2v) is 7.62. The molecule has 2 atom stereocenters. The fourth-order valence-electron chi connectivity index (χ4n) is 3.65. The van der Waals surface area contributed by atoms with Crippen LogP contribution in [0.5, 0.6) is 0 Å². The number of rotatable bonds is 4. The smallest absolute Gasteiger partial charge is 0.262 e. The van der Waals surface area contributed by atoms with Crippen molar-refractivity contribution >= 4 is 28.6 Å². The Balaban J connectivity index is 1.83. The zero-order valence-electron chi connectivity index (χ0n) is 15.1. The average Bonchev–Trinajstić information content (AvgIpc) is 2.60. The molecule has 1 amide bonds. The topological polar surface area (TPSA) is 55.2 Å². The minimum Gasteiger partial charge on any atom is -0.337 e. The number of piperidine rings is 1. The molecule has 0 spiro atoms. The van der Waals surface area contributed by atoms with Crippen LogP contribution in [0.4, 0.5) is 0 Å². The van der Waals surface area contributed by atoms with E-state index in [-0.39, 0.29) is 23.6 Å². The molecule has 2 unspecified atom stereocenters. The number of thioether (sulfide) groups is 1. The summed E-state index contributed by atoms with van der Waals surface area (Å²) in [5.74, 6) is 0.453. The number of hydrogen-bond donors (Lipinski definition) is 0. The van der Waals surface area contributed by atoms with Crippen molar-refractivity contribution < 1.29 is 4.79 Å². The number of aromatic nitrogens is 2. The lowest BCUT2D eigenvalue weighted by molar-refractivity contribution is -0.134. The fraction of sp³-hybridized carbons (Fsp3) is 0.526. The van der Waals surface area contributed by atoms with E-state index in [1.54, 1.807) is 10.6 Å². The van der Waals surface area contributed by atoms with Crippen molar-refractivity contribution in [3.05, 3.63) is 34.6 Å². The van der Waals surface area contributed by atoms with Crippen molar-refractivity contribution in [2.75, 3.05) is 5.75 Å². The Morgan fingerprint density at radius 2 is 1.92 bits per heavy atom. The minimum atomic E-state index is -0.0391. The number of fused-ring (bicyclic) bond motifs is 1. The molecule has 1 aliphatic rings. The first-order valence-electron chi connectivity index (χ1n) is 8.96. The number of carbonyl (C=O) groups excluding carboxylic acids is 1. The Labute approximate surface area is 152 Å². The second kappa shape index (κ2) is 7.60. The summed E-state index contributed by atoms with van der Waals surface area (Å²) >= 11 is 1.37. The van der Waals surface area contributed by atoms with Gasteiger partial charge in [0.15, 0.2) is 5.16 Å². The molecule has 2 heterocycles. The van der Waals surface area contributed by atoms with Crippen LogP contribution >= 0.6 is 11.8 Å². The van der Waals surface area contributed by atoms with E-state index in [0.29, 0.717) is 28.4 Å². The predicted octanol–water partition coefficient (Wildman–Crippen LogP) is 3.30. The quantitative estimate of drug-likeness (QED) is 0.621. The highest BCUT2D eigenvalue weighted by molar-refractivity contribution is 7.99. The summed E-state index contributed by atoms with van der Waals surface area (Å²) in [6, 6.07) is 7.94. The van der Waals surface area contributed by atoms with E-state index in [1.807, 2.05) is 30.0 Å². The lowest BCUT2D eigenvalue weighted by Gasteiger charge is -2.39. The van der Waals surface area contributed by atoms with Crippen molar-refractivity contribution in [3.63, 3.8) is 0 Å². The first-order chi connectivity index (χ1) is 12.0. The predicted molar refractivity (Wildman–Crippen MR) is 102 cm³/mol. The molecule has 25 heavy (non-hydrogen) atoms. The van der Waals surface area contributed by atoms with Crippen molar-refractivity contribution in [3.8, 4) is 0 Å². The molecule has 0 radical (unpaired) electrons. The van der Waals surface area contributed by atoms with Crippen LogP contribution in [-0.2, 0) is 11.3 Å². The van der Waals surface area contributed by atoms with E-state index in [1.165, 1.54) is 18.2 Å². The Morgan fingerprint density at radius 3 is 2.60 bits per heavy atom. The van der Waals surface area contributed by atoms with Crippen LogP contribution in [-0.4, -0.2) is 38.2 Å². The number of carbonyl (C=O) groups is 1. The summed E-state index contributed by atoms with van der Waals surface area (Å²) in [4.78, 5) is 32.0. The van der Waals surface area contributed by atoms with Crippen molar-refractivity contribution in [2.24, 2.45) is 0 Å². The fourth-order valence-corrected chi connectivity index (χ4v) is 4.58. The third-order valence-corrected chi connectivity index (χ3v) is 5.91. The molecule has 0 N–H and O–H groups in total. The molecule has 0 aliphatic carbocycles. The molecule has 6 heteroatoms. The van der Waals surface area contributed by atoms with Crippen LogP contribution in [0.2, 0.25) is 0 Å². The third kappa shape index (κ3) is 3.59. The van der Waals surface area contributed by atoms with Gasteiger partial charge in [0.05, 0.1) is 16.7 Å². The molecule has 3 rings (SSSR count). The van der Waals surface area contributed by atoms with E-state index >= 15 is 0 Å². The maximum Gasteiger partial charge on any atom is 0.262 e. The molecule has 1 saturated heterocycles. The van der Waals surface area contributed by atoms with Crippen LogP contribution in [0, 0.1) is 0 Å². The van der Waals surface area contributed by atoms with Gasteiger partial charge in [0.2, 0.25) is 5.91 Å². The summed E-state index contributed by atoms with van der Waals surface area (Å²) < 4.78 is 1.66. The number of para-hydroxylation sites is 1. The van der Waals surface area contributed by atoms with Gasteiger partial charge in [0, 0.05) is 18.6 Å². The van der Waals surface area contributed by atoms with Gasteiger partial charge in [0.25, 0.3) is 5.56 Å². The summed E-state index contributed by atoms with van der Waals surface area (Å²) in [5, 5.41) is 1.25. The Bertz CT molecular complexity index is 823. The summed E-state index contributed by atoms with van der Waals surface area (Å²) in [6.45, 7) is 6.71. The molecule has 1 fully saturated rings. The maximum absolute atomic E-state index is 12.7. The van der Waals surface area contributed by atoms with Crippen molar-refractivity contribution in [1.82, 2.24) is 14.5 Å². The van der Waals surface area contributed by atoms with Crippen molar-refractivity contribution in [1.29, 1.82) is 0 Å². The van der Waals surface area contributed by atoms with E-state index in [9.17, 15) is 9.59 Å². The van der Waals surface area contributed by atoms with Crippen LogP contribution in [0.25, 0.3) is 10.9 Å². The molecule has 1 aliphatic heterocycles. The van der Waals surface area contributed by atoms with Crippen LogP contribution in [0.15, 0.2) is 34.2 Å². The number of hydrogen-bond acceptors (Lipinski definition) is 4. The standard InChI is InChI=1S/C19H25N3O2S/c1-4-21-18(24)15-10-5-6-11-16(15)20-19(21)25-12-17(23)22-13(2)8-7-9-14(22)3/h5-6,10-11,13-14H,4,7-9,12H2,1-3H3. The minimum absolute atomic E-state index is 0.0391. The first-order valence-corrected chi connectivity index (χ1v) is 9.95. The van der Waals surface area contributed by atoms with Crippen LogP contribution < -0.4 is 5.56 Å². The second-order valence-electron chi connectivity index (χ2n) is 6.68. The molecule has 0 bridgehead atoms. The van der Waals surface area contributed by atoms with Crippen molar-refractivity contribution in [2.45, 2.75) is 63.8 Å². The molecule has 5 nitrogen and oxygen atoms in total.